The van der Waals surface area contributed by atoms with Gasteiger partial charge in [-0.3, -0.25) is 9.59 Å². The van der Waals surface area contributed by atoms with E-state index in [9.17, 15) is 9.59 Å². The van der Waals surface area contributed by atoms with Gasteiger partial charge in [-0.1, -0.05) is 37.5 Å². The molecule has 0 unspecified atom stereocenters. The van der Waals surface area contributed by atoms with Crippen molar-refractivity contribution in [2.75, 3.05) is 11.9 Å². The molecular weight excluding hydrogens is 364 g/mol. The number of hydrogen-bond acceptors (Lipinski definition) is 3. The summed E-state index contributed by atoms with van der Waals surface area (Å²) in [5.41, 5.74) is 4.23. The molecule has 29 heavy (non-hydrogen) atoms. The number of hydrogen-bond donors (Lipinski definition) is 2. The van der Waals surface area contributed by atoms with Crippen LogP contribution >= 0.6 is 0 Å². The molecule has 1 fully saturated rings. The van der Waals surface area contributed by atoms with Gasteiger partial charge in [0.2, 0.25) is 0 Å². The summed E-state index contributed by atoms with van der Waals surface area (Å²) in [5, 5.41) is 5.93. The average Bonchev–Trinajstić information content (AvgIpc) is 2.70. The van der Waals surface area contributed by atoms with Crippen LogP contribution in [0.3, 0.4) is 0 Å². The maximum absolute atomic E-state index is 12.7. The van der Waals surface area contributed by atoms with Gasteiger partial charge in [-0.25, -0.2) is 0 Å². The second-order valence-electron chi connectivity index (χ2n) is 7.90. The molecule has 0 atom stereocenters. The van der Waals surface area contributed by atoms with Gasteiger partial charge in [-0.05, 0) is 68.5 Å². The van der Waals surface area contributed by atoms with E-state index in [2.05, 4.69) is 16.7 Å². The monoisotopic (exact) mass is 394 g/mol. The molecule has 0 spiro atoms. The van der Waals surface area contributed by atoms with Crippen LogP contribution in [-0.4, -0.2) is 24.5 Å². The Balaban J connectivity index is 1.62. The fourth-order valence-corrected chi connectivity index (χ4v) is 3.78. The lowest BCUT2D eigenvalue weighted by molar-refractivity contribution is -0.118. The molecule has 0 aromatic heterocycles. The van der Waals surface area contributed by atoms with E-state index in [1.165, 1.54) is 6.42 Å². The van der Waals surface area contributed by atoms with Crippen molar-refractivity contribution >= 4 is 17.5 Å². The number of aryl methyl sites for hydroxylation is 2. The predicted molar refractivity (Wildman–Crippen MR) is 116 cm³/mol. The Labute approximate surface area is 172 Å². The van der Waals surface area contributed by atoms with Crippen molar-refractivity contribution in [3.05, 3.63) is 58.7 Å². The minimum atomic E-state index is -0.290. The number of benzene rings is 2. The molecule has 0 bridgehead atoms. The number of para-hydroxylation sites is 1. The fraction of sp³-hybridized carbons (Fsp3) is 0.417. The van der Waals surface area contributed by atoms with Crippen molar-refractivity contribution in [1.29, 1.82) is 0 Å². The Morgan fingerprint density at radius 1 is 1.03 bits per heavy atom. The zero-order chi connectivity index (χ0) is 20.8. The lowest BCUT2D eigenvalue weighted by Crippen LogP contribution is -2.36. The van der Waals surface area contributed by atoms with Crippen LogP contribution in [0.15, 0.2) is 36.4 Å². The zero-order valence-electron chi connectivity index (χ0n) is 17.5. The molecule has 2 aromatic carbocycles. The molecular formula is C24H30N2O3. The summed E-state index contributed by atoms with van der Waals surface area (Å²) in [5.74, 6) is 0.279. The molecule has 2 N–H and O–H groups in total. The van der Waals surface area contributed by atoms with E-state index in [0.29, 0.717) is 17.0 Å². The summed E-state index contributed by atoms with van der Waals surface area (Å²) in [4.78, 5) is 25.2. The molecule has 0 saturated heterocycles. The van der Waals surface area contributed by atoms with Crippen LogP contribution in [0.4, 0.5) is 5.69 Å². The number of ether oxygens (including phenoxy) is 1. The normalized spacial score (nSPS) is 14.3. The number of amides is 2. The van der Waals surface area contributed by atoms with E-state index in [1.54, 1.807) is 18.2 Å². The third-order valence-corrected chi connectivity index (χ3v) is 5.51. The van der Waals surface area contributed by atoms with Crippen LogP contribution in [-0.2, 0) is 4.79 Å². The van der Waals surface area contributed by atoms with Crippen LogP contribution in [0.2, 0.25) is 0 Å². The SMILES string of the molecule is Cc1cc(C)c(C)c(OCC(=O)Nc2ccccc2C(=O)NC2CCCCC2)c1. The predicted octanol–water partition coefficient (Wildman–Crippen LogP) is 4.69. The quantitative estimate of drug-likeness (QED) is 0.747. The molecule has 1 aliphatic carbocycles. The number of carbonyl (C=O) groups is 2. The summed E-state index contributed by atoms with van der Waals surface area (Å²) in [7, 11) is 0. The first kappa shape index (κ1) is 20.9. The summed E-state index contributed by atoms with van der Waals surface area (Å²) >= 11 is 0. The molecule has 0 aliphatic heterocycles. The first-order chi connectivity index (χ1) is 13.9. The molecule has 5 heteroatoms. The highest BCUT2D eigenvalue weighted by Crippen LogP contribution is 2.24. The van der Waals surface area contributed by atoms with Gasteiger partial charge < -0.3 is 15.4 Å². The van der Waals surface area contributed by atoms with Crippen molar-refractivity contribution < 1.29 is 14.3 Å². The van der Waals surface area contributed by atoms with Crippen LogP contribution in [0.1, 0.15) is 59.2 Å². The van der Waals surface area contributed by atoms with Crippen LogP contribution in [0, 0.1) is 20.8 Å². The largest absolute Gasteiger partial charge is 0.483 e. The first-order valence-corrected chi connectivity index (χ1v) is 10.3. The van der Waals surface area contributed by atoms with Crippen molar-refractivity contribution in [2.45, 2.75) is 58.9 Å². The molecule has 2 amide bonds. The van der Waals surface area contributed by atoms with Gasteiger partial charge in [0, 0.05) is 6.04 Å². The Hall–Kier alpha value is -2.82. The summed E-state index contributed by atoms with van der Waals surface area (Å²) in [6.45, 7) is 5.90. The van der Waals surface area contributed by atoms with E-state index in [4.69, 9.17) is 4.74 Å². The van der Waals surface area contributed by atoms with Crippen LogP contribution in [0.25, 0.3) is 0 Å². The summed E-state index contributed by atoms with van der Waals surface area (Å²) < 4.78 is 5.74. The van der Waals surface area contributed by atoms with Gasteiger partial charge in [0.1, 0.15) is 5.75 Å². The standard InChI is InChI=1S/C24H30N2O3/c1-16-13-17(2)18(3)22(14-16)29-15-23(27)26-21-12-8-7-11-20(21)24(28)25-19-9-5-4-6-10-19/h7-8,11-14,19H,4-6,9-10,15H2,1-3H3,(H,25,28)(H,26,27). The van der Waals surface area contributed by atoms with E-state index in [1.807, 2.05) is 32.9 Å². The number of anilines is 1. The molecule has 0 radical (unpaired) electrons. The summed E-state index contributed by atoms with van der Waals surface area (Å²) in [6.07, 6.45) is 5.57. The molecule has 5 nitrogen and oxygen atoms in total. The highest BCUT2D eigenvalue weighted by molar-refractivity contribution is 6.04. The minimum absolute atomic E-state index is 0.109. The maximum atomic E-state index is 12.7. The van der Waals surface area contributed by atoms with Crippen LogP contribution in [0.5, 0.6) is 5.75 Å². The maximum Gasteiger partial charge on any atom is 0.262 e. The first-order valence-electron chi connectivity index (χ1n) is 10.3. The number of carbonyl (C=O) groups excluding carboxylic acids is 2. The number of rotatable bonds is 6. The van der Waals surface area contributed by atoms with Crippen molar-refractivity contribution in [3.63, 3.8) is 0 Å². The lowest BCUT2D eigenvalue weighted by Gasteiger charge is -2.23. The van der Waals surface area contributed by atoms with Gasteiger partial charge in [-0.15, -0.1) is 0 Å². The lowest BCUT2D eigenvalue weighted by atomic mass is 9.95. The van der Waals surface area contributed by atoms with Gasteiger partial charge in [0.15, 0.2) is 6.61 Å². The van der Waals surface area contributed by atoms with Crippen molar-refractivity contribution in [3.8, 4) is 5.75 Å². The molecule has 3 rings (SSSR count). The van der Waals surface area contributed by atoms with E-state index in [0.717, 1.165) is 42.4 Å². The van der Waals surface area contributed by atoms with Gasteiger partial charge in [0.05, 0.1) is 11.3 Å². The molecule has 1 saturated carbocycles. The highest BCUT2D eigenvalue weighted by atomic mass is 16.5. The van der Waals surface area contributed by atoms with E-state index in [-0.39, 0.29) is 24.5 Å². The molecule has 1 aliphatic rings. The molecule has 2 aromatic rings. The van der Waals surface area contributed by atoms with Gasteiger partial charge in [0.25, 0.3) is 11.8 Å². The smallest absolute Gasteiger partial charge is 0.262 e. The van der Waals surface area contributed by atoms with Gasteiger partial charge in [-0.2, -0.15) is 0 Å². The Bertz CT molecular complexity index is 886. The molecule has 0 heterocycles. The van der Waals surface area contributed by atoms with Crippen molar-refractivity contribution in [1.82, 2.24) is 5.32 Å². The third-order valence-electron chi connectivity index (χ3n) is 5.51. The number of nitrogens with one attached hydrogen (secondary N) is 2. The van der Waals surface area contributed by atoms with E-state index < -0.39 is 0 Å². The fourth-order valence-electron chi connectivity index (χ4n) is 3.78. The topological polar surface area (TPSA) is 67.4 Å². The minimum Gasteiger partial charge on any atom is -0.483 e. The second kappa shape index (κ2) is 9.59. The van der Waals surface area contributed by atoms with Crippen LogP contribution < -0.4 is 15.4 Å². The third kappa shape index (κ3) is 5.59. The summed E-state index contributed by atoms with van der Waals surface area (Å²) in [6, 6.07) is 11.3. The zero-order valence-corrected chi connectivity index (χ0v) is 17.5. The van der Waals surface area contributed by atoms with E-state index >= 15 is 0 Å². The average molecular weight is 395 g/mol. The second-order valence-corrected chi connectivity index (χ2v) is 7.90. The highest BCUT2D eigenvalue weighted by Gasteiger charge is 2.19. The Morgan fingerprint density at radius 2 is 1.76 bits per heavy atom. The van der Waals surface area contributed by atoms with Crippen molar-refractivity contribution in [2.24, 2.45) is 0 Å². The Morgan fingerprint density at radius 3 is 2.52 bits per heavy atom. The molecule has 154 valence electrons. The Kier molecular flexibility index (Phi) is 6.91. The van der Waals surface area contributed by atoms with Gasteiger partial charge >= 0.3 is 0 Å².